The van der Waals surface area contributed by atoms with Crippen LogP contribution in [0.25, 0.3) is 0 Å². The van der Waals surface area contributed by atoms with Gasteiger partial charge in [0.2, 0.25) is 0 Å². The first-order valence-corrected chi connectivity index (χ1v) is 6.80. The summed E-state index contributed by atoms with van der Waals surface area (Å²) in [5, 5.41) is 0. The van der Waals surface area contributed by atoms with Crippen LogP contribution in [0.3, 0.4) is 0 Å². The summed E-state index contributed by atoms with van der Waals surface area (Å²) in [5.41, 5.74) is 11.3. The molecule has 0 fully saturated rings. The highest BCUT2D eigenvalue weighted by molar-refractivity contribution is 5.60. The van der Waals surface area contributed by atoms with Gasteiger partial charge in [-0.1, -0.05) is 32.9 Å². The second kappa shape index (κ2) is 5.75. The monoisotopic (exact) mass is 248 g/mol. The molecule has 2 heteroatoms. The zero-order valence-electron chi connectivity index (χ0n) is 12.8. The lowest BCUT2D eigenvalue weighted by molar-refractivity contribution is 0.589. The first-order valence-electron chi connectivity index (χ1n) is 6.80. The summed E-state index contributed by atoms with van der Waals surface area (Å²) in [5.74, 6) is 0. The lowest BCUT2D eigenvalue weighted by atomic mass is 9.84. The van der Waals surface area contributed by atoms with E-state index in [0.717, 1.165) is 19.5 Å². The van der Waals surface area contributed by atoms with E-state index in [0.29, 0.717) is 0 Å². The second-order valence-electron chi connectivity index (χ2n) is 6.27. The average molecular weight is 248 g/mol. The third kappa shape index (κ3) is 3.49. The van der Waals surface area contributed by atoms with Gasteiger partial charge in [0.25, 0.3) is 0 Å². The molecule has 0 saturated carbocycles. The molecule has 1 aromatic rings. The van der Waals surface area contributed by atoms with Crippen molar-refractivity contribution in [2.45, 2.75) is 46.5 Å². The van der Waals surface area contributed by atoms with Crippen molar-refractivity contribution in [1.82, 2.24) is 0 Å². The summed E-state index contributed by atoms with van der Waals surface area (Å²) in [4.78, 5) is 2.32. The van der Waals surface area contributed by atoms with Crippen LogP contribution in [-0.4, -0.2) is 20.1 Å². The highest BCUT2D eigenvalue weighted by Crippen LogP contribution is 2.31. The van der Waals surface area contributed by atoms with Gasteiger partial charge in [-0.15, -0.1) is 0 Å². The molecule has 0 radical (unpaired) electrons. The van der Waals surface area contributed by atoms with E-state index in [9.17, 15) is 0 Å². The Bertz CT molecular complexity index is 379. The molecule has 0 aliphatic carbocycles. The third-order valence-electron chi connectivity index (χ3n) is 3.44. The number of hydrogen-bond acceptors (Lipinski definition) is 2. The topological polar surface area (TPSA) is 29.3 Å². The summed E-state index contributed by atoms with van der Waals surface area (Å²) in [6, 6.07) is 4.64. The molecule has 0 saturated heterocycles. The van der Waals surface area contributed by atoms with Gasteiger partial charge in [0.1, 0.15) is 0 Å². The van der Waals surface area contributed by atoms with Gasteiger partial charge < -0.3 is 10.6 Å². The maximum atomic E-state index is 5.59. The van der Waals surface area contributed by atoms with Crippen LogP contribution in [0.15, 0.2) is 12.1 Å². The molecule has 0 aliphatic rings. The van der Waals surface area contributed by atoms with Crippen molar-refractivity contribution in [2.24, 2.45) is 5.73 Å². The molecule has 102 valence electrons. The summed E-state index contributed by atoms with van der Waals surface area (Å²) < 4.78 is 0. The fourth-order valence-electron chi connectivity index (χ4n) is 2.43. The minimum Gasteiger partial charge on any atom is -0.374 e. The van der Waals surface area contributed by atoms with Crippen molar-refractivity contribution in [3.05, 3.63) is 28.8 Å². The predicted octanol–water partition coefficient (Wildman–Crippen LogP) is 3.39. The quantitative estimate of drug-likeness (QED) is 0.885. The number of benzene rings is 1. The number of hydrogen-bond donors (Lipinski definition) is 1. The first-order chi connectivity index (χ1) is 8.27. The molecule has 0 amide bonds. The lowest BCUT2D eigenvalue weighted by Crippen LogP contribution is -2.23. The van der Waals surface area contributed by atoms with Crippen molar-refractivity contribution in [3.63, 3.8) is 0 Å². The van der Waals surface area contributed by atoms with Crippen molar-refractivity contribution in [1.29, 1.82) is 0 Å². The van der Waals surface area contributed by atoms with Crippen molar-refractivity contribution >= 4 is 5.69 Å². The van der Waals surface area contributed by atoms with E-state index in [-0.39, 0.29) is 5.41 Å². The molecule has 2 nitrogen and oxygen atoms in total. The fourth-order valence-corrected chi connectivity index (χ4v) is 2.43. The summed E-state index contributed by atoms with van der Waals surface area (Å²) >= 11 is 0. The van der Waals surface area contributed by atoms with E-state index in [1.807, 2.05) is 0 Å². The molecule has 0 spiro atoms. The van der Waals surface area contributed by atoms with E-state index in [1.165, 1.54) is 22.4 Å². The zero-order valence-corrected chi connectivity index (χ0v) is 12.8. The number of nitrogens with zero attached hydrogens (tertiary/aromatic N) is 1. The molecule has 0 aromatic heterocycles. The van der Waals surface area contributed by atoms with Crippen LogP contribution in [0.4, 0.5) is 5.69 Å². The number of nitrogens with two attached hydrogens (primary N) is 1. The van der Waals surface area contributed by atoms with E-state index in [1.54, 1.807) is 0 Å². The first kappa shape index (κ1) is 15.0. The van der Waals surface area contributed by atoms with Crippen molar-refractivity contribution in [2.75, 3.05) is 25.0 Å². The molecule has 2 N–H and O–H groups in total. The Morgan fingerprint density at radius 1 is 1.11 bits per heavy atom. The maximum Gasteiger partial charge on any atom is 0.0423 e. The van der Waals surface area contributed by atoms with Gasteiger partial charge in [-0.05, 0) is 48.9 Å². The van der Waals surface area contributed by atoms with E-state index in [2.05, 4.69) is 58.7 Å². The van der Waals surface area contributed by atoms with Crippen LogP contribution in [-0.2, 0) is 5.41 Å². The van der Waals surface area contributed by atoms with Gasteiger partial charge in [0.05, 0.1) is 0 Å². The highest BCUT2D eigenvalue weighted by atomic mass is 15.1. The van der Waals surface area contributed by atoms with Crippen LogP contribution >= 0.6 is 0 Å². The van der Waals surface area contributed by atoms with Crippen LogP contribution in [0, 0.1) is 13.8 Å². The van der Waals surface area contributed by atoms with E-state index in [4.69, 9.17) is 5.73 Å². The van der Waals surface area contributed by atoms with Gasteiger partial charge in [0.15, 0.2) is 0 Å². The van der Waals surface area contributed by atoms with E-state index < -0.39 is 0 Å². The van der Waals surface area contributed by atoms with Gasteiger partial charge in [-0.3, -0.25) is 0 Å². The van der Waals surface area contributed by atoms with Gasteiger partial charge in [0, 0.05) is 19.3 Å². The van der Waals surface area contributed by atoms with Crippen LogP contribution in [0.2, 0.25) is 0 Å². The SMILES string of the molecule is Cc1cc(C(C)(C)C)cc(C)c1N(C)CCCN. The lowest BCUT2D eigenvalue weighted by Gasteiger charge is -2.27. The summed E-state index contributed by atoms with van der Waals surface area (Å²) in [6.45, 7) is 13.0. The molecule has 1 rings (SSSR count). The maximum absolute atomic E-state index is 5.59. The molecule has 0 heterocycles. The number of rotatable bonds is 4. The summed E-state index contributed by atoms with van der Waals surface area (Å²) in [6.07, 6.45) is 1.04. The molecule has 0 atom stereocenters. The Morgan fingerprint density at radius 2 is 1.61 bits per heavy atom. The average Bonchev–Trinajstić information content (AvgIpc) is 2.24. The molecule has 0 bridgehead atoms. The number of anilines is 1. The Hall–Kier alpha value is -1.02. The van der Waals surface area contributed by atoms with Gasteiger partial charge >= 0.3 is 0 Å². The number of aryl methyl sites for hydroxylation is 2. The molecule has 18 heavy (non-hydrogen) atoms. The Morgan fingerprint density at radius 3 is 2.00 bits per heavy atom. The van der Waals surface area contributed by atoms with Gasteiger partial charge in [-0.2, -0.15) is 0 Å². The minimum absolute atomic E-state index is 0.212. The molecule has 1 aromatic carbocycles. The smallest absolute Gasteiger partial charge is 0.0423 e. The zero-order chi connectivity index (χ0) is 13.9. The molecule has 0 aliphatic heterocycles. The Kier molecular flexibility index (Phi) is 4.80. The molecule has 0 unspecified atom stereocenters. The Balaban J connectivity index is 3.09. The van der Waals surface area contributed by atoms with Crippen LogP contribution in [0.5, 0.6) is 0 Å². The third-order valence-corrected chi connectivity index (χ3v) is 3.44. The second-order valence-corrected chi connectivity index (χ2v) is 6.27. The van der Waals surface area contributed by atoms with Crippen LogP contribution in [0.1, 0.15) is 43.9 Å². The van der Waals surface area contributed by atoms with Crippen molar-refractivity contribution in [3.8, 4) is 0 Å². The molecular formula is C16H28N2. The predicted molar refractivity (Wildman–Crippen MR) is 81.6 cm³/mol. The minimum atomic E-state index is 0.212. The largest absolute Gasteiger partial charge is 0.374 e. The van der Waals surface area contributed by atoms with Crippen LogP contribution < -0.4 is 10.6 Å². The molecular weight excluding hydrogens is 220 g/mol. The summed E-state index contributed by atoms with van der Waals surface area (Å²) in [7, 11) is 2.15. The van der Waals surface area contributed by atoms with E-state index >= 15 is 0 Å². The Labute approximate surface area is 112 Å². The van der Waals surface area contributed by atoms with Gasteiger partial charge in [-0.25, -0.2) is 0 Å². The standard InChI is InChI=1S/C16H28N2/c1-12-10-14(16(3,4)5)11-13(2)15(12)18(6)9-7-8-17/h10-11H,7-9,17H2,1-6H3. The van der Waals surface area contributed by atoms with Crippen molar-refractivity contribution < 1.29 is 0 Å². The highest BCUT2D eigenvalue weighted by Gasteiger charge is 2.17. The fraction of sp³-hybridized carbons (Fsp3) is 0.625. The normalized spacial score (nSPS) is 11.7.